The summed E-state index contributed by atoms with van der Waals surface area (Å²) in [5, 5.41) is 4.81. The molecule has 0 aliphatic carbocycles. The van der Waals surface area contributed by atoms with E-state index in [0.29, 0.717) is 17.7 Å². The van der Waals surface area contributed by atoms with Crippen LogP contribution in [0.5, 0.6) is 5.88 Å². The van der Waals surface area contributed by atoms with Gasteiger partial charge in [-0.25, -0.2) is 4.68 Å². The number of ether oxygens (including phenoxy) is 2. The normalized spacial score (nSPS) is 18.8. The maximum Gasteiger partial charge on any atom is 0.346 e. The third kappa shape index (κ3) is 3.19. The molecule has 0 bridgehead atoms. The fourth-order valence-electron chi connectivity index (χ4n) is 4.07. The maximum absolute atomic E-state index is 6.41. The first-order valence-electron chi connectivity index (χ1n) is 10.1. The van der Waals surface area contributed by atoms with Gasteiger partial charge >= 0.3 is 7.66 Å². The fraction of sp³-hybridized carbons (Fsp3) is 0.217. The van der Waals surface area contributed by atoms with Gasteiger partial charge in [-0.15, -0.1) is 0 Å². The van der Waals surface area contributed by atoms with E-state index in [1.54, 1.807) is 11.8 Å². The molecule has 2 aliphatic rings. The van der Waals surface area contributed by atoms with Gasteiger partial charge in [0, 0.05) is 14.2 Å². The first kappa shape index (κ1) is 20.7. The predicted molar refractivity (Wildman–Crippen MR) is 122 cm³/mol. The van der Waals surface area contributed by atoms with E-state index in [4.69, 9.17) is 28.4 Å². The summed E-state index contributed by atoms with van der Waals surface area (Å²) in [4.78, 5) is 0. The third-order valence-corrected chi connectivity index (χ3v) is 7.35. The van der Waals surface area contributed by atoms with Crippen molar-refractivity contribution >= 4 is 13.6 Å². The Bertz CT molecular complexity index is 1270. The number of nitrogens with zero attached hydrogens (tertiary/aromatic N) is 4. The Labute approximate surface area is 186 Å². The van der Waals surface area contributed by atoms with Gasteiger partial charge in [0.1, 0.15) is 0 Å². The van der Waals surface area contributed by atoms with Gasteiger partial charge in [0.25, 0.3) is 0 Å². The quantitative estimate of drug-likeness (QED) is 0.510. The zero-order valence-corrected chi connectivity index (χ0v) is 19.1. The van der Waals surface area contributed by atoms with Crippen LogP contribution in [-0.2, 0) is 13.8 Å². The molecule has 3 heterocycles. The second-order valence-electron chi connectivity index (χ2n) is 7.28. The van der Waals surface area contributed by atoms with Crippen LogP contribution in [0.2, 0.25) is 0 Å². The summed E-state index contributed by atoms with van der Waals surface area (Å²) >= 11 is 0. The van der Waals surface area contributed by atoms with Crippen molar-refractivity contribution in [2.24, 2.45) is 9.51 Å². The van der Waals surface area contributed by atoms with E-state index in [1.165, 1.54) is 14.2 Å². The largest absolute Gasteiger partial charge is 0.481 e. The summed E-state index contributed by atoms with van der Waals surface area (Å²) in [6, 6.07) is 20.0. The summed E-state index contributed by atoms with van der Waals surface area (Å²) < 4.78 is 34.4. The minimum Gasteiger partial charge on any atom is -0.481 e. The minimum absolute atomic E-state index is 0.231. The molecule has 0 fully saturated rings. The van der Waals surface area contributed by atoms with E-state index in [9.17, 15) is 0 Å². The lowest BCUT2D eigenvalue weighted by atomic mass is 9.83. The standard InChI is InChI=1S/C23H23N4O4P/c1-15-18-19(16-11-7-5-8-12-16)20-21(28-2)25-32(29-3,30-4)26-22(20)31-23(18)27(24-15)17-13-9-6-10-14-17/h5-14,19H,1-4H3. The van der Waals surface area contributed by atoms with Crippen LogP contribution in [0.15, 0.2) is 81.6 Å². The van der Waals surface area contributed by atoms with Gasteiger partial charge < -0.3 is 18.5 Å². The van der Waals surface area contributed by atoms with Gasteiger partial charge in [-0.3, -0.25) is 0 Å². The summed E-state index contributed by atoms with van der Waals surface area (Å²) in [5.74, 6) is 1.13. The number of aromatic nitrogens is 2. The van der Waals surface area contributed by atoms with Crippen LogP contribution < -0.4 is 4.74 Å². The van der Waals surface area contributed by atoms with Crippen LogP contribution in [0, 0.1) is 6.92 Å². The fourth-order valence-corrected chi connectivity index (χ4v) is 5.39. The highest BCUT2D eigenvalue weighted by Crippen LogP contribution is 2.59. The summed E-state index contributed by atoms with van der Waals surface area (Å²) in [6.45, 7) is 1.98. The molecule has 0 N–H and O–H groups in total. The number of hydrogen-bond donors (Lipinski definition) is 0. The Kier molecular flexibility index (Phi) is 5.21. The zero-order chi connectivity index (χ0) is 22.3. The number of aryl methyl sites for hydroxylation is 1. The Morgan fingerprint density at radius 1 is 0.938 bits per heavy atom. The van der Waals surface area contributed by atoms with Crippen molar-refractivity contribution < 1.29 is 18.5 Å². The van der Waals surface area contributed by atoms with Crippen LogP contribution in [0.25, 0.3) is 5.69 Å². The molecule has 2 aliphatic heterocycles. The highest BCUT2D eigenvalue weighted by Gasteiger charge is 2.43. The number of methoxy groups -OCH3 is 1. The van der Waals surface area contributed by atoms with Crippen molar-refractivity contribution in [2.75, 3.05) is 21.3 Å². The number of para-hydroxylation sites is 1. The second-order valence-corrected chi connectivity index (χ2v) is 9.39. The average molecular weight is 450 g/mol. The molecule has 3 aromatic rings. The lowest BCUT2D eigenvalue weighted by Crippen LogP contribution is -2.25. The molecular weight excluding hydrogens is 427 g/mol. The Morgan fingerprint density at radius 3 is 2.22 bits per heavy atom. The molecule has 32 heavy (non-hydrogen) atoms. The lowest BCUT2D eigenvalue weighted by molar-refractivity contribution is 0.309. The minimum atomic E-state index is -2.95. The number of rotatable bonds is 4. The van der Waals surface area contributed by atoms with E-state index < -0.39 is 7.66 Å². The van der Waals surface area contributed by atoms with E-state index in [0.717, 1.165) is 28.1 Å². The molecule has 0 amide bonds. The summed E-state index contributed by atoms with van der Waals surface area (Å²) in [7, 11) is 1.66. The molecule has 0 radical (unpaired) electrons. The molecule has 2 aromatic carbocycles. The van der Waals surface area contributed by atoms with Crippen molar-refractivity contribution in [1.29, 1.82) is 0 Å². The number of benzene rings is 2. The molecule has 0 spiro atoms. The predicted octanol–water partition coefficient (Wildman–Crippen LogP) is 5.21. The van der Waals surface area contributed by atoms with Crippen LogP contribution in [0.4, 0.5) is 0 Å². The molecule has 8 nitrogen and oxygen atoms in total. The zero-order valence-electron chi connectivity index (χ0n) is 18.2. The van der Waals surface area contributed by atoms with Crippen molar-refractivity contribution in [2.45, 2.75) is 12.8 Å². The Balaban J connectivity index is 1.81. The molecule has 1 aromatic heterocycles. The van der Waals surface area contributed by atoms with Gasteiger partial charge in [0.05, 0.1) is 35.5 Å². The van der Waals surface area contributed by atoms with Crippen molar-refractivity contribution in [3.05, 3.63) is 88.9 Å². The summed E-state index contributed by atoms with van der Waals surface area (Å²) in [5.41, 5.74) is 4.47. The highest BCUT2D eigenvalue weighted by molar-refractivity contribution is 7.55. The van der Waals surface area contributed by atoms with E-state index >= 15 is 0 Å². The Hall–Kier alpha value is -3.19. The van der Waals surface area contributed by atoms with E-state index in [-0.39, 0.29) is 5.92 Å². The lowest BCUT2D eigenvalue weighted by Gasteiger charge is -2.32. The van der Waals surface area contributed by atoms with Crippen molar-refractivity contribution in [1.82, 2.24) is 9.78 Å². The Morgan fingerprint density at radius 2 is 1.59 bits per heavy atom. The molecular formula is C23H23N4O4P. The average Bonchev–Trinajstić information content (AvgIpc) is 3.18. The van der Waals surface area contributed by atoms with Gasteiger partial charge in [0.15, 0.2) is 0 Å². The van der Waals surface area contributed by atoms with E-state index in [2.05, 4.69) is 16.9 Å². The SMILES string of the molecule is COC1=NP(OC)(OC)=NC2=C1C(c1ccccc1)c1c(C)nn(-c3ccccc3)c1O2. The number of fused-ring (bicyclic) bond motifs is 1. The monoisotopic (exact) mass is 450 g/mol. The van der Waals surface area contributed by atoms with Crippen LogP contribution in [-0.4, -0.2) is 37.0 Å². The van der Waals surface area contributed by atoms with Crippen LogP contribution >= 0.6 is 7.66 Å². The highest BCUT2D eigenvalue weighted by atomic mass is 31.2. The smallest absolute Gasteiger partial charge is 0.346 e. The summed E-state index contributed by atoms with van der Waals surface area (Å²) in [6.07, 6.45) is 0. The van der Waals surface area contributed by atoms with Gasteiger partial charge in [-0.2, -0.15) is 14.6 Å². The van der Waals surface area contributed by atoms with Gasteiger partial charge in [-0.1, -0.05) is 48.5 Å². The van der Waals surface area contributed by atoms with Crippen molar-refractivity contribution in [3.63, 3.8) is 0 Å². The maximum atomic E-state index is 6.41. The van der Waals surface area contributed by atoms with Crippen LogP contribution in [0.1, 0.15) is 22.7 Å². The topological polar surface area (TPSA) is 79.5 Å². The first-order chi connectivity index (χ1) is 15.6. The van der Waals surface area contributed by atoms with E-state index in [1.807, 2.05) is 55.5 Å². The molecule has 0 saturated carbocycles. The van der Waals surface area contributed by atoms with Crippen molar-refractivity contribution in [3.8, 4) is 11.6 Å². The molecule has 1 unspecified atom stereocenters. The molecule has 1 atom stereocenters. The van der Waals surface area contributed by atoms with Crippen LogP contribution in [0.3, 0.4) is 0 Å². The third-order valence-electron chi connectivity index (χ3n) is 5.53. The van der Waals surface area contributed by atoms with Gasteiger partial charge in [0.2, 0.25) is 17.7 Å². The molecule has 9 heteroatoms. The molecule has 164 valence electrons. The second kappa shape index (κ2) is 8.06. The molecule has 5 rings (SSSR count). The number of hydrogen-bond acceptors (Lipinski definition) is 7. The molecule has 0 saturated heterocycles. The first-order valence-corrected chi connectivity index (χ1v) is 11.6. The van der Waals surface area contributed by atoms with Gasteiger partial charge in [-0.05, 0) is 24.6 Å².